The van der Waals surface area contributed by atoms with Gasteiger partial charge in [0, 0.05) is 25.3 Å². The third kappa shape index (κ3) is 4.87. The minimum atomic E-state index is -0.714. The molecule has 2 aliphatic rings. The minimum absolute atomic E-state index is 0.0998. The standard InChI is InChI=1S/C16H28N2O4/c1-2-14(11-7-9-22-10-8-11)18-16(21)17-13-5-3-12(4-6-13)15(19)20/h11-14H,2-10H2,1H3,(H,19,20)(H2,17,18,21). The molecule has 1 aliphatic heterocycles. The number of carbonyl (C=O) groups is 2. The number of carboxylic acids is 1. The minimum Gasteiger partial charge on any atom is -0.481 e. The van der Waals surface area contributed by atoms with Gasteiger partial charge in [-0.3, -0.25) is 4.79 Å². The highest BCUT2D eigenvalue weighted by molar-refractivity contribution is 5.74. The smallest absolute Gasteiger partial charge is 0.315 e. The normalized spacial score (nSPS) is 27.9. The summed E-state index contributed by atoms with van der Waals surface area (Å²) in [5.41, 5.74) is 0. The molecule has 1 heterocycles. The molecule has 0 radical (unpaired) electrons. The number of ether oxygens (including phenoxy) is 1. The first-order valence-electron chi connectivity index (χ1n) is 8.47. The van der Waals surface area contributed by atoms with Crippen LogP contribution in [0, 0.1) is 11.8 Å². The van der Waals surface area contributed by atoms with E-state index in [0.717, 1.165) is 45.3 Å². The lowest BCUT2D eigenvalue weighted by Crippen LogP contribution is -2.50. The van der Waals surface area contributed by atoms with Gasteiger partial charge in [0.2, 0.25) is 0 Å². The fourth-order valence-electron chi connectivity index (χ4n) is 3.55. The molecule has 2 amide bonds. The van der Waals surface area contributed by atoms with Crippen molar-refractivity contribution in [2.24, 2.45) is 11.8 Å². The van der Waals surface area contributed by atoms with Crippen LogP contribution in [-0.2, 0) is 9.53 Å². The maximum absolute atomic E-state index is 12.2. The van der Waals surface area contributed by atoms with Crippen LogP contribution in [0.2, 0.25) is 0 Å². The van der Waals surface area contributed by atoms with Crippen LogP contribution in [0.3, 0.4) is 0 Å². The summed E-state index contributed by atoms with van der Waals surface area (Å²) in [5.74, 6) is -0.465. The third-order valence-electron chi connectivity index (χ3n) is 5.00. The van der Waals surface area contributed by atoms with Gasteiger partial charge in [0.05, 0.1) is 5.92 Å². The Morgan fingerprint density at radius 1 is 1.14 bits per heavy atom. The van der Waals surface area contributed by atoms with Crippen LogP contribution < -0.4 is 10.6 Å². The van der Waals surface area contributed by atoms with Crippen LogP contribution in [-0.4, -0.2) is 42.4 Å². The predicted molar refractivity (Wildman–Crippen MR) is 82.7 cm³/mol. The van der Waals surface area contributed by atoms with Gasteiger partial charge in [0.25, 0.3) is 0 Å². The van der Waals surface area contributed by atoms with Gasteiger partial charge in [-0.15, -0.1) is 0 Å². The molecular formula is C16H28N2O4. The maximum Gasteiger partial charge on any atom is 0.315 e. The molecule has 1 atom stereocenters. The molecule has 0 aromatic rings. The van der Waals surface area contributed by atoms with Crippen LogP contribution >= 0.6 is 0 Å². The van der Waals surface area contributed by atoms with Gasteiger partial charge in [-0.1, -0.05) is 6.92 Å². The van der Waals surface area contributed by atoms with E-state index < -0.39 is 5.97 Å². The lowest BCUT2D eigenvalue weighted by Gasteiger charge is -2.32. The zero-order valence-corrected chi connectivity index (χ0v) is 13.3. The highest BCUT2D eigenvalue weighted by atomic mass is 16.5. The van der Waals surface area contributed by atoms with Crippen molar-refractivity contribution in [2.45, 2.75) is 64.0 Å². The first-order valence-corrected chi connectivity index (χ1v) is 8.47. The molecule has 6 nitrogen and oxygen atoms in total. The van der Waals surface area contributed by atoms with Crippen LogP contribution in [0.15, 0.2) is 0 Å². The molecule has 126 valence electrons. The Morgan fingerprint density at radius 3 is 2.32 bits per heavy atom. The summed E-state index contributed by atoms with van der Waals surface area (Å²) < 4.78 is 5.37. The molecule has 3 N–H and O–H groups in total. The van der Waals surface area contributed by atoms with E-state index in [9.17, 15) is 9.59 Å². The van der Waals surface area contributed by atoms with Crippen LogP contribution in [0.4, 0.5) is 4.79 Å². The highest BCUT2D eigenvalue weighted by Gasteiger charge is 2.28. The van der Waals surface area contributed by atoms with Crippen molar-refractivity contribution < 1.29 is 19.4 Å². The molecule has 1 saturated heterocycles. The molecular weight excluding hydrogens is 284 g/mol. The van der Waals surface area contributed by atoms with Crippen molar-refractivity contribution in [1.82, 2.24) is 10.6 Å². The van der Waals surface area contributed by atoms with E-state index >= 15 is 0 Å². The largest absolute Gasteiger partial charge is 0.481 e. The molecule has 0 spiro atoms. The molecule has 0 aromatic heterocycles. The van der Waals surface area contributed by atoms with Gasteiger partial charge in [0.1, 0.15) is 0 Å². The number of hydrogen-bond acceptors (Lipinski definition) is 3. The van der Waals surface area contributed by atoms with Crippen molar-refractivity contribution >= 4 is 12.0 Å². The second kappa shape index (κ2) is 8.36. The number of carbonyl (C=O) groups excluding carboxylic acids is 1. The Kier molecular flexibility index (Phi) is 6.49. The van der Waals surface area contributed by atoms with Gasteiger partial charge < -0.3 is 20.5 Å². The molecule has 1 unspecified atom stereocenters. The average molecular weight is 312 g/mol. The van der Waals surface area contributed by atoms with E-state index in [1.807, 2.05) is 0 Å². The summed E-state index contributed by atoms with van der Waals surface area (Å²) in [6.07, 6.45) is 5.72. The Hall–Kier alpha value is -1.30. The fraction of sp³-hybridized carbons (Fsp3) is 0.875. The Labute approximate surface area is 132 Å². The quantitative estimate of drug-likeness (QED) is 0.726. The van der Waals surface area contributed by atoms with E-state index in [4.69, 9.17) is 9.84 Å². The maximum atomic E-state index is 12.2. The van der Waals surface area contributed by atoms with E-state index in [1.165, 1.54) is 0 Å². The number of hydrogen-bond donors (Lipinski definition) is 3. The molecule has 0 bridgehead atoms. The van der Waals surface area contributed by atoms with Crippen molar-refractivity contribution in [3.63, 3.8) is 0 Å². The van der Waals surface area contributed by atoms with Gasteiger partial charge in [-0.2, -0.15) is 0 Å². The van der Waals surface area contributed by atoms with E-state index in [0.29, 0.717) is 18.8 Å². The summed E-state index contributed by atoms with van der Waals surface area (Å²) >= 11 is 0. The van der Waals surface area contributed by atoms with Gasteiger partial charge in [-0.05, 0) is 50.9 Å². The molecule has 1 saturated carbocycles. The number of carboxylic acid groups (broad SMARTS) is 1. The second-order valence-electron chi connectivity index (χ2n) is 6.47. The summed E-state index contributed by atoms with van der Waals surface area (Å²) in [4.78, 5) is 23.1. The SMILES string of the molecule is CCC(NC(=O)NC1CCC(C(=O)O)CC1)C1CCOCC1. The number of amides is 2. The fourth-order valence-corrected chi connectivity index (χ4v) is 3.55. The van der Waals surface area contributed by atoms with E-state index in [2.05, 4.69) is 17.6 Å². The zero-order valence-electron chi connectivity index (χ0n) is 13.3. The monoisotopic (exact) mass is 312 g/mol. The number of rotatable bonds is 5. The van der Waals surface area contributed by atoms with Crippen LogP contribution in [0.1, 0.15) is 51.9 Å². The van der Waals surface area contributed by atoms with Gasteiger partial charge >= 0.3 is 12.0 Å². The third-order valence-corrected chi connectivity index (χ3v) is 5.00. The highest BCUT2D eigenvalue weighted by Crippen LogP contribution is 2.24. The summed E-state index contributed by atoms with van der Waals surface area (Å²) in [6, 6.07) is 0.180. The molecule has 2 fully saturated rings. The van der Waals surface area contributed by atoms with Gasteiger partial charge in [-0.25, -0.2) is 4.79 Å². The van der Waals surface area contributed by atoms with Gasteiger partial charge in [0.15, 0.2) is 0 Å². The van der Waals surface area contributed by atoms with Crippen LogP contribution in [0.25, 0.3) is 0 Å². The number of aliphatic carboxylic acids is 1. The molecule has 22 heavy (non-hydrogen) atoms. The van der Waals surface area contributed by atoms with E-state index in [1.54, 1.807) is 0 Å². The Bertz CT molecular complexity index is 374. The molecule has 0 aromatic carbocycles. The van der Waals surface area contributed by atoms with Crippen molar-refractivity contribution in [2.75, 3.05) is 13.2 Å². The molecule has 6 heteroatoms. The predicted octanol–water partition coefficient (Wildman–Crippen LogP) is 2.13. The second-order valence-corrected chi connectivity index (χ2v) is 6.47. The van der Waals surface area contributed by atoms with E-state index in [-0.39, 0.29) is 24.0 Å². The first kappa shape index (κ1) is 17.1. The molecule has 1 aliphatic carbocycles. The lowest BCUT2D eigenvalue weighted by atomic mass is 9.86. The lowest BCUT2D eigenvalue weighted by molar-refractivity contribution is -0.142. The molecule has 2 rings (SSSR count). The van der Waals surface area contributed by atoms with Crippen molar-refractivity contribution in [3.8, 4) is 0 Å². The zero-order chi connectivity index (χ0) is 15.9. The summed E-state index contributed by atoms with van der Waals surface area (Å²) in [5, 5.41) is 15.1. The van der Waals surface area contributed by atoms with Crippen molar-refractivity contribution in [3.05, 3.63) is 0 Å². The summed E-state index contributed by atoms with van der Waals surface area (Å²) in [7, 11) is 0. The number of urea groups is 1. The average Bonchev–Trinajstić information content (AvgIpc) is 2.54. The summed E-state index contributed by atoms with van der Waals surface area (Å²) in [6.45, 7) is 3.66. The van der Waals surface area contributed by atoms with Crippen molar-refractivity contribution in [1.29, 1.82) is 0 Å². The Morgan fingerprint density at radius 2 is 1.77 bits per heavy atom. The van der Waals surface area contributed by atoms with Crippen LogP contribution in [0.5, 0.6) is 0 Å². The number of nitrogens with one attached hydrogen (secondary N) is 2. The first-order chi connectivity index (χ1) is 10.6. The Balaban J connectivity index is 1.73. The topological polar surface area (TPSA) is 87.7 Å².